The lowest BCUT2D eigenvalue weighted by Gasteiger charge is -2.25. The van der Waals surface area contributed by atoms with Gasteiger partial charge in [0.1, 0.15) is 0 Å². The lowest BCUT2D eigenvalue weighted by Crippen LogP contribution is -2.37. The molecule has 3 aromatic rings. The largest absolute Gasteiger partial charge is 0.369 e. The molecule has 1 amide bonds. The molecular formula is C23H25N5O. The number of hydrogen-bond donors (Lipinski definition) is 0. The van der Waals surface area contributed by atoms with Crippen molar-refractivity contribution < 1.29 is 4.79 Å². The Morgan fingerprint density at radius 3 is 2.48 bits per heavy atom. The number of aromatic nitrogens is 3. The maximum atomic E-state index is 13.0. The minimum atomic E-state index is 0.128. The quantitative estimate of drug-likeness (QED) is 0.673. The lowest BCUT2D eigenvalue weighted by atomic mass is 10.0. The van der Waals surface area contributed by atoms with Crippen molar-refractivity contribution in [3.8, 4) is 0 Å². The van der Waals surface area contributed by atoms with Crippen molar-refractivity contribution in [2.75, 3.05) is 31.1 Å². The van der Waals surface area contributed by atoms with Crippen molar-refractivity contribution in [2.45, 2.75) is 12.8 Å². The maximum absolute atomic E-state index is 13.0. The molecule has 29 heavy (non-hydrogen) atoms. The lowest BCUT2D eigenvalue weighted by molar-refractivity contribution is -0.130. The summed E-state index contributed by atoms with van der Waals surface area (Å²) >= 11 is 0. The molecule has 0 aliphatic carbocycles. The zero-order valence-electron chi connectivity index (χ0n) is 16.4. The third-order valence-electron chi connectivity index (χ3n) is 5.24. The zero-order valence-corrected chi connectivity index (χ0v) is 16.4. The molecule has 1 aromatic carbocycles. The van der Waals surface area contributed by atoms with E-state index in [4.69, 9.17) is 0 Å². The molecule has 148 valence electrons. The second kappa shape index (κ2) is 9.28. The first-order valence-electron chi connectivity index (χ1n) is 10.0. The fourth-order valence-corrected chi connectivity index (χ4v) is 3.83. The van der Waals surface area contributed by atoms with Gasteiger partial charge in [0.05, 0.1) is 12.1 Å². The SMILES string of the molecule is O=C(Cc1ccccn1)N1CCN(c2ccccc2)C[C@@H](Cc2cnccn2)C1. The molecule has 0 N–H and O–H groups in total. The van der Waals surface area contributed by atoms with Crippen LogP contribution in [0.15, 0.2) is 73.3 Å². The normalized spacial score (nSPS) is 17.0. The molecule has 0 saturated carbocycles. The average Bonchev–Trinajstić information content (AvgIpc) is 2.99. The number of carbonyl (C=O) groups excluding carboxylic acids is 1. The van der Waals surface area contributed by atoms with Gasteiger partial charge in [0.25, 0.3) is 0 Å². The van der Waals surface area contributed by atoms with Crippen LogP contribution in [0.2, 0.25) is 0 Å². The Labute approximate surface area is 171 Å². The third-order valence-corrected chi connectivity index (χ3v) is 5.24. The number of hydrogen-bond acceptors (Lipinski definition) is 5. The fourth-order valence-electron chi connectivity index (χ4n) is 3.83. The minimum Gasteiger partial charge on any atom is -0.369 e. The molecular weight excluding hydrogens is 362 g/mol. The highest BCUT2D eigenvalue weighted by Gasteiger charge is 2.26. The molecule has 2 aromatic heterocycles. The Morgan fingerprint density at radius 2 is 1.72 bits per heavy atom. The molecule has 6 nitrogen and oxygen atoms in total. The van der Waals surface area contributed by atoms with Crippen molar-refractivity contribution in [3.05, 3.63) is 84.7 Å². The van der Waals surface area contributed by atoms with Crippen LogP contribution in [-0.4, -0.2) is 51.9 Å². The number of benzene rings is 1. The summed E-state index contributed by atoms with van der Waals surface area (Å²) in [5, 5.41) is 0. The van der Waals surface area contributed by atoms with Crippen LogP contribution in [0.25, 0.3) is 0 Å². The molecule has 4 rings (SSSR count). The van der Waals surface area contributed by atoms with Gasteiger partial charge in [-0.3, -0.25) is 19.7 Å². The van der Waals surface area contributed by atoms with Gasteiger partial charge in [-0.05, 0) is 36.6 Å². The summed E-state index contributed by atoms with van der Waals surface area (Å²) in [5.41, 5.74) is 2.97. The molecule has 1 aliphatic heterocycles. The van der Waals surface area contributed by atoms with E-state index in [0.29, 0.717) is 19.5 Å². The Bertz CT molecular complexity index is 904. The Kier molecular flexibility index (Phi) is 6.10. The summed E-state index contributed by atoms with van der Waals surface area (Å²) in [7, 11) is 0. The predicted octanol–water partition coefficient (Wildman–Crippen LogP) is 2.62. The van der Waals surface area contributed by atoms with Crippen LogP contribution in [0.1, 0.15) is 11.4 Å². The first kappa shape index (κ1) is 19.1. The van der Waals surface area contributed by atoms with E-state index in [1.165, 1.54) is 5.69 Å². The molecule has 6 heteroatoms. The van der Waals surface area contributed by atoms with Crippen LogP contribution < -0.4 is 4.90 Å². The first-order valence-corrected chi connectivity index (χ1v) is 10.0. The van der Waals surface area contributed by atoms with Crippen LogP contribution in [0.3, 0.4) is 0 Å². The first-order chi connectivity index (χ1) is 14.3. The minimum absolute atomic E-state index is 0.128. The van der Waals surface area contributed by atoms with Gasteiger partial charge in [0.15, 0.2) is 0 Å². The van der Waals surface area contributed by atoms with E-state index >= 15 is 0 Å². The van der Waals surface area contributed by atoms with Gasteiger partial charge in [-0.2, -0.15) is 0 Å². The number of carbonyl (C=O) groups is 1. The maximum Gasteiger partial charge on any atom is 0.228 e. The molecule has 0 spiro atoms. The van der Waals surface area contributed by atoms with E-state index in [2.05, 4.69) is 44.1 Å². The van der Waals surface area contributed by atoms with Gasteiger partial charge in [0.2, 0.25) is 5.91 Å². The highest BCUT2D eigenvalue weighted by molar-refractivity contribution is 5.78. The summed E-state index contributed by atoms with van der Waals surface area (Å²) in [5.74, 6) is 0.407. The molecule has 1 saturated heterocycles. The number of rotatable bonds is 5. The summed E-state index contributed by atoms with van der Waals surface area (Å²) < 4.78 is 0. The van der Waals surface area contributed by atoms with Gasteiger partial charge in [-0.1, -0.05) is 24.3 Å². The van der Waals surface area contributed by atoms with Crippen LogP contribution in [0.4, 0.5) is 5.69 Å². The van der Waals surface area contributed by atoms with E-state index in [9.17, 15) is 4.79 Å². The average molecular weight is 387 g/mol. The van der Waals surface area contributed by atoms with Crippen molar-refractivity contribution >= 4 is 11.6 Å². The number of pyridine rings is 1. The number of nitrogens with zero attached hydrogens (tertiary/aromatic N) is 5. The van der Waals surface area contributed by atoms with Crippen molar-refractivity contribution in [1.82, 2.24) is 19.9 Å². The second-order valence-electron chi connectivity index (χ2n) is 7.39. The van der Waals surface area contributed by atoms with Gasteiger partial charge in [0, 0.05) is 62.3 Å². The number of amides is 1. The molecule has 0 bridgehead atoms. The molecule has 0 radical (unpaired) electrons. The van der Waals surface area contributed by atoms with Crippen molar-refractivity contribution in [2.24, 2.45) is 5.92 Å². The summed E-state index contributed by atoms with van der Waals surface area (Å²) in [6.07, 6.45) is 8.10. The van der Waals surface area contributed by atoms with Gasteiger partial charge in [-0.15, -0.1) is 0 Å². The monoisotopic (exact) mass is 387 g/mol. The smallest absolute Gasteiger partial charge is 0.228 e. The molecule has 1 atom stereocenters. The second-order valence-corrected chi connectivity index (χ2v) is 7.39. The van der Waals surface area contributed by atoms with Crippen LogP contribution >= 0.6 is 0 Å². The third kappa shape index (κ3) is 5.16. The Morgan fingerprint density at radius 1 is 0.897 bits per heavy atom. The van der Waals surface area contributed by atoms with Crippen LogP contribution in [0.5, 0.6) is 0 Å². The standard InChI is InChI=1S/C23H25N5O/c29-23(15-20-6-4-5-9-25-20)28-13-12-27(22-7-2-1-3-8-22)17-19(18-28)14-21-16-24-10-11-26-21/h1-11,16,19H,12-15,17-18H2/t19-/m1/s1. The molecule has 3 heterocycles. The van der Waals surface area contributed by atoms with E-state index in [1.54, 1.807) is 18.6 Å². The predicted molar refractivity (Wildman–Crippen MR) is 112 cm³/mol. The van der Waals surface area contributed by atoms with Gasteiger partial charge in [-0.25, -0.2) is 0 Å². The Hall–Kier alpha value is -3.28. The van der Waals surface area contributed by atoms with E-state index in [0.717, 1.165) is 30.9 Å². The fraction of sp³-hybridized carbons (Fsp3) is 0.304. The van der Waals surface area contributed by atoms with Crippen LogP contribution in [-0.2, 0) is 17.6 Å². The van der Waals surface area contributed by atoms with E-state index in [1.807, 2.05) is 35.4 Å². The summed E-state index contributed by atoms with van der Waals surface area (Å²) in [4.78, 5) is 30.3. The summed E-state index contributed by atoms with van der Waals surface area (Å²) in [6.45, 7) is 3.12. The van der Waals surface area contributed by atoms with Crippen molar-refractivity contribution in [1.29, 1.82) is 0 Å². The zero-order chi connectivity index (χ0) is 19.9. The molecule has 0 unspecified atom stereocenters. The molecule has 1 fully saturated rings. The number of para-hydroxylation sites is 1. The topological polar surface area (TPSA) is 62.2 Å². The molecule has 1 aliphatic rings. The van der Waals surface area contributed by atoms with E-state index < -0.39 is 0 Å². The number of anilines is 1. The highest BCUT2D eigenvalue weighted by atomic mass is 16.2. The van der Waals surface area contributed by atoms with Crippen LogP contribution in [0, 0.1) is 5.92 Å². The van der Waals surface area contributed by atoms with E-state index in [-0.39, 0.29) is 11.8 Å². The Balaban J connectivity index is 1.51. The highest BCUT2D eigenvalue weighted by Crippen LogP contribution is 2.21. The van der Waals surface area contributed by atoms with Gasteiger partial charge < -0.3 is 9.80 Å². The van der Waals surface area contributed by atoms with Gasteiger partial charge >= 0.3 is 0 Å². The summed E-state index contributed by atoms with van der Waals surface area (Å²) in [6, 6.07) is 16.1. The van der Waals surface area contributed by atoms with Crippen molar-refractivity contribution in [3.63, 3.8) is 0 Å².